The molecule has 0 amide bonds. The molecule has 0 bridgehead atoms. The Morgan fingerprint density at radius 2 is 2.12 bits per heavy atom. The summed E-state index contributed by atoms with van der Waals surface area (Å²) in [5, 5.41) is 8.73. The molecule has 16 heavy (non-hydrogen) atoms. The van der Waals surface area contributed by atoms with Crippen molar-refractivity contribution in [3.63, 3.8) is 0 Å². The van der Waals surface area contributed by atoms with Crippen molar-refractivity contribution in [2.45, 2.75) is 31.2 Å². The van der Waals surface area contributed by atoms with Crippen LogP contribution in [0.3, 0.4) is 0 Å². The van der Waals surface area contributed by atoms with Gasteiger partial charge in [0.05, 0.1) is 10.8 Å². The molecule has 3 N–H and O–H groups in total. The monoisotopic (exact) mass is 241 g/mol. The molecule has 2 atom stereocenters. The lowest BCUT2D eigenvalue weighted by Gasteiger charge is -2.11. The number of hydrogen-bond donors (Lipinski definition) is 2. The molecule has 0 saturated heterocycles. The van der Waals surface area contributed by atoms with Gasteiger partial charge in [0.1, 0.15) is 0 Å². The standard InChI is InChI=1S/C12H19NO2S/c1-9-3-4-12(10(2)7-9)16(15)8-11(13)5-6-14/h3-4,7,11,14H,5-6,8,13H2,1-2H3. The Kier molecular flexibility index (Phi) is 5.12. The number of aryl methyl sites for hydroxylation is 2. The molecule has 0 aliphatic rings. The van der Waals surface area contributed by atoms with Crippen LogP contribution in [0.5, 0.6) is 0 Å². The second-order valence-electron chi connectivity index (χ2n) is 4.05. The quantitative estimate of drug-likeness (QED) is 0.812. The molecule has 0 saturated carbocycles. The van der Waals surface area contributed by atoms with Crippen LogP contribution in [0.25, 0.3) is 0 Å². The molecule has 0 aliphatic heterocycles. The topological polar surface area (TPSA) is 63.3 Å². The maximum atomic E-state index is 12.0. The number of aliphatic hydroxyl groups is 1. The van der Waals surface area contributed by atoms with Gasteiger partial charge in [-0.25, -0.2) is 0 Å². The molecule has 0 fully saturated rings. The van der Waals surface area contributed by atoms with Gasteiger partial charge in [-0.15, -0.1) is 0 Å². The van der Waals surface area contributed by atoms with Crippen LogP contribution in [0.2, 0.25) is 0 Å². The first-order valence-electron chi connectivity index (χ1n) is 5.36. The van der Waals surface area contributed by atoms with Gasteiger partial charge in [0.2, 0.25) is 0 Å². The predicted octanol–water partition coefficient (Wildman–Crippen LogP) is 1.12. The van der Waals surface area contributed by atoms with Crippen LogP contribution in [0.1, 0.15) is 17.5 Å². The third-order valence-corrected chi connectivity index (χ3v) is 4.12. The van der Waals surface area contributed by atoms with Gasteiger partial charge in [-0.05, 0) is 31.9 Å². The Hall–Kier alpha value is -0.710. The van der Waals surface area contributed by atoms with Crippen molar-refractivity contribution in [1.29, 1.82) is 0 Å². The Labute approximate surface area is 99.1 Å². The Balaban J connectivity index is 2.73. The molecule has 1 rings (SSSR count). The van der Waals surface area contributed by atoms with Crippen LogP contribution in [0.4, 0.5) is 0 Å². The van der Waals surface area contributed by atoms with Crippen LogP contribution >= 0.6 is 0 Å². The van der Waals surface area contributed by atoms with Gasteiger partial charge in [0.25, 0.3) is 0 Å². The van der Waals surface area contributed by atoms with Gasteiger partial charge in [-0.2, -0.15) is 0 Å². The van der Waals surface area contributed by atoms with Gasteiger partial charge >= 0.3 is 0 Å². The van der Waals surface area contributed by atoms with Crippen LogP contribution in [-0.2, 0) is 10.8 Å². The zero-order valence-corrected chi connectivity index (χ0v) is 10.6. The largest absolute Gasteiger partial charge is 0.396 e. The van der Waals surface area contributed by atoms with Crippen LogP contribution in [0.15, 0.2) is 23.1 Å². The third-order valence-electron chi connectivity index (χ3n) is 2.44. The molecule has 0 radical (unpaired) electrons. The van der Waals surface area contributed by atoms with Gasteiger partial charge in [0.15, 0.2) is 0 Å². The number of rotatable bonds is 5. The Morgan fingerprint density at radius 1 is 1.44 bits per heavy atom. The van der Waals surface area contributed by atoms with Crippen molar-refractivity contribution in [3.8, 4) is 0 Å². The zero-order valence-electron chi connectivity index (χ0n) is 9.77. The summed E-state index contributed by atoms with van der Waals surface area (Å²) in [5.74, 6) is 0.407. The van der Waals surface area contributed by atoms with E-state index in [2.05, 4.69) is 0 Å². The zero-order chi connectivity index (χ0) is 12.1. The van der Waals surface area contributed by atoms with E-state index in [0.717, 1.165) is 16.0 Å². The van der Waals surface area contributed by atoms with Crippen LogP contribution in [0, 0.1) is 13.8 Å². The highest BCUT2D eigenvalue weighted by Gasteiger charge is 2.11. The summed E-state index contributed by atoms with van der Waals surface area (Å²) in [5.41, 5.74) is 7.95. The summed E-state index contributed by atoms with van der Waals surface area (Å²) in [6.45, 7) is 4.01. The van der Waals surface area contributed by atoms with Gasteiger partial charge in [0, 0.05) is 23.3 Å². The number of nitrogens with two attached hydrogens (primary N) is 1. The Morgan fingerprint density at radius 3 is 2.69 bits per heavy atom. The van der Waals surface area contributed by atoms with Crippen molar-refractivity contribution in [3.05, 3.63) is 29.3 Å². The van der Waals surface area contributed by atoms with Crippen LogP contribution < -0.4 is 5.73 Å². The second kappa shape index (κ2) is 6.13. The molecular formula is C12H19NO2S. The minimum atomic E-state index is -1.07. The maximum absolute atomic E-state index is 12.0. The highest BCUT2D eigenvalue weighted by atomic mass is 32.2. The van der Waals surface area contributed by atoms with E-state index in [1.165, 1.54) is 0 Å². The molecule has 0 aliphatic carbocycles. The van der Waals surface area contributed by atoms with Crippen molar-refractivity contribution < 1.29 is 9.32 Å². The predicted molar refractivity (Wildman–Crippen MR) is 66.9 cm³/mol. The molecule has 1 aromatic rings. The molecule has 4 heteroatoms. The molecule has 0 spiro atoms. The SMILES string of the molecule is Cc1ccc(S(=O)CC(N)CCO)c(C)c1. The van der Waals surface area contributed by atoms with Crippen molar-refractivity contribution in [1.82, 2.24) is 0 Å². The lowest BCUT2D eigenvalue weighted by atomic mass is 10.2. The summed E-state index contributed by atoms with van der Waals surface area (Å²) in [6, 6.07) is 5.67. The van der Waals surface area contributed by atoms with E-state index in [-0.39, 0.29) is 12.6 Å². The first-order chi connectivity index (χ1) is 7.54. The Bertz CT molecular complexity index is 379. The summed E-state index contributed by atoms with van der Waals surface area (Å²) >= 11 is 0. The summed E-state index contributed by atoms with van der Waals surface area (Å²) in [7, 11) is -1.07. The van der Waals surface area contributed by atoms with E-state index in [9.17, 15) is 4.21 Å². The highest BCUT2D eigenvalue weighted by Crippen LogP contribution is 2.15. The molecule has 0 aromatic heterocycles. The van der Waals surface area contributed by atoms with Crippen LogP contribution in [-0.4, -0.2) is 27.7 Å². The normalized spacial score (nSPS) is 14.8. The minimum Gasteiger partial charge on any atom is -0.396 e. The smallest absolute Gasteiger partial charge is 0.0547 e. The fraction of sp³-hybridized carbons (Fsp3) is 0.500. The first-order valence-corrected chi connectivity index (χ1v) is 6.68. The molecule has 90 valence electrons. The molecular weight excluding hydrogens is 222 g/mol. The summed E-state index contributed by atoms with van der Waals surface area (Å²) < 4.78 is 12.0. The molecule has 2 unspecified atom stereocenters. The summed E-state index contributed by atoms with van der Waals surface area (Å²) in [6.07, 6.45) is 0.497. The van der Waals surface area contributed by atoms with Gasteiger partial charge in [-0.1, -0.05) is 17.7 Å². The highest BCUT2D eigenvalue weighted by molar-refractivity contribution is 7.85. The van der Waals surface area contributed by atoms with Crippen molar-refractivity contribution in [2.24, 2.45) is 5.73 Å². The fourth-order valence-electron chi connectivity index (χ4n) is 1.59. The van der Waals surface area contributed by atoms with E-state index in [1.807, 2.05) is 32.0 Å². The summed E-state index contributed by atoms with van der Waals surface area (Å²) in [4.78, 5) is 0.846. The lowest BCUT2D eigenvalue weighted by Crippen LogP contribution is -2.28. The maximum Gasteiger partial charge on any atom is 0.0547 e. The van der Waals surface area contributed by atoms with E-state index in [0.29, 0.717) is 12.2 Å². The first kappa shape index (κ1) is 13.4. The van der Waals surface area contributed by atoms with Gasteiger partial charge in [-0.3, -0.25) is 4.21 Å². The average Bonchev–Trinajstić information content (AvgIpc) is 2.17. The van der Waals surface area contributed by atoms with Crippen molar-refractivity contribution in [2.75, 3.05) is 12.4 Å². The molecule has 3 nitrogen and oxygen atoms in total. The number of aliphatic hydroxyl groups excluding tert-OH is 1. The molecule has 1 aromatic carbocycles. The van der Waals surface area contributed by atoms with Crippen molar-refractivity contribution >= 4 is 10.8 Å². The van der Waals surface area contributed by atoms with E-state index in [4.69, 9.17) is 10.8 Å². The number of hydrogen-bond acceptors (Lipinski definition) is 3. The average molecular weight is 241 g/mol. The van der Waals surface area contributed by atoms with E-state index in [1.54, 1.807) is 0 Å². The fourth-order valence-corrected chi connectivity index (χ4v) is 2.96. The lowest BCUT2D eigenvalue weighted by molar-refractivity contribution is 0.279. The van der Waals surface area contributed by atoms with Gasteiger partial charge < -0.3 is 10.8 Å². The second-order valence-corrected chi connectivity index (χ2v) is 5.52. The molecule has 0 heterocycles. The van der Waals surface area contributed by atoms with E-state index >= 15 is 0 Å². The number of benzene rings is 1. The van der Waals surface area contributed by atoms with E-state index < -0.39 is 10.8 Å². The third kappa shape index (κ3) is 3.70. The minimum absolute atomic E-state index is 0.0469.